The Hall–Kier alpha value is -0.430. The lowest BCUT2D eigenvalue weighted by Gasteiger charge is -2.18. The molecule has 0 aromatic heterocycles. The SMILES string of the molecule is CC(C)NCc1ccc(Br)c(S(=O)(=O)N(C)C2CC2)c1. The fourth-order valence-corrected chi connectivity index (χ4v) is 4.36. The van der Waals surface area contributed by atoms with Crippen LogP contribution in [0.2, 0.25) is 0 Å². The van der Waals surface area contributed by atoms with E-state index in [1.807, 2.05) is 12.1 Å². The fourth-order valence-electron chi connectivity index (χ4n) is 1.97. The molecule has 20 heavy (non-hydrogen) atoms. The van der Waals surface area contributed by atoms with Crippen molar-refractivity contribution in [2.45, 2.75) is 50.2 Å². The molecule has 1 aliphatic carbocycles. The number of hydrogen-bond acceptors (Lipinski definition) is 3. The lowest BCUT2D eigenvalue weighted by molar-refractivity contribution is 0.463. The summed E-state index contributed by atoms with van der Waals surface area (Å²) >= 11 is 3.36. The topological polar surface area (TPSA) is 49.4 Å². The molecule has 1 aliphatic rings. The van der Waals surface area contributed by atoms with Gasteiger partial charge in [-0.15, -0.1) is 0 Å². The number of halogens is 1. The highest BCUT2D eigenvalue weighted by Gasteiger charge is 2.35. The molecule has 0 unspecified atom stereocenters. The molecule has 0 radical (unpaired) electrons. The third-order valence-electron chi connectivity index (χ3n) is 3.43. The molecule has 4 nitrogen and oxygen atoms in total. The predicted molar refractivity (Wildman–Crippen MR) is 84.1 cm³/mol. The van der Waals surface area contributed by atoms with Gasteiger partial charge >= 0.3 is 0 Å². The Bertz CT molecular complexity index is 583. The van der Waals surface area contributed by atoms with Gasteiger partial charge in [0, 0.05) is 30.1 Å². The second kappa shape index (κ2) is 6.13. The first-order valence-corrected chi connectivity index (χ1v) is 9.05. The monoisotopic (exact) mass is 360 g/mol. The summed E-state index contributed by atoms with van der Waals surface area (Å²) in [6.07, 6.45) is 1.92. The van der Waals surface area contributed by atoms with Gasteiger partial charge in [0.2, 0.25) is 10.0 Å². The summed E-state index contributed by atoms with van der Waals surface area (Å²) in [7, 11) is -1.74. The van der Waals surface area contributed by atoms with E-state index in [-0.39, 0.29) is 6.04 Å². The zero-order chi connectivity index (χ0) is 14.9. The van der Waals surface area contributed by atoms with Gasteiger partial charge in [-0.1, -0.05) is 19.9 Å². The summed E-state index contributed by atoms with van der Waals surface area (Å²) < 4.78 is 27.3. The van der Waals surface area contributed by atoms with Gasteiger partial charge in [0.25, 0.3) is 0 Å². The van der Waals surface area contributed by atoms with Crippen LogP contribution in [0.15, 0.2) is 27.6 Å². The summed E-state index contributed by atoms with van der Waals surface area (Å²) in [5, 5.41) is 3.30. The Morgan fingerprint density at radius 3 is 2.60 bits per heavy atom. The first-order chi connectivity index (χ1) is 9.32. The summed E-state index contributed by atoms with van der Waals surface area (Å²) in [6.45, 7) is 4.80. The van der Waals surface area contributed by atoms with Crippen LogP contribution in [-0.4, -0.2) is 31.9 Å². The molecule has 1 aromatic carbocycles. The summed E-state index contributed by atoms with van der Waals surface area (Å²) in [6, 6.07) is 6.05. The van der Waals surface area contributed by atoms with Crippen LogP contribution >= 0.6 is 15.9 Å². The molecule has 0 heterocycles. The minimum absolute atomic E-state index is 0.171. The second-order valence-corrected chi connectivity index (χ2v) is 8.37. The van der Waals surface area contributed by atoms with Crippen LogP contribution in [0, 0.1) is 0 Å². The minimum Gasteiger partial charge on any atom is -0.310 e. The average Bonchev–Trinajstić information content (AvgIpc) is 3.20. The number of sulfonamides is 1. The van der Waals surface area contributed by atoms with E-state index < -0.39 is 10.0 Å². The minimum atomic E-state index is -3.41. The Balaban J connectivity index is 2.27. The largest absolute Gasteiger partial charge is 0.310 e. The van der Waals surface area contributed by atoms with Crippen molar-refractivity contribution in [3.8, 4) is 0 Å². The maximum Gasteiger partial charge on any atom is 0.244 e. The van der Waals surface area contributed by atoms with Crippen molar-refractivity contribution in [1.82, 2.24) is 9.62 Å². The summed E-state index contributed by atoms with van der Waals surface area (Å²) in [4.78, 5) is 0.356. The highest BCUT2D eigenvalue weighted by atomic mass is 79.9. The lowest BCUT2D eigenvalue weighted by atomic mass is 10.2. The van der Waals surface area contributed by atoms with Crippen LogP contribution in [0.1, 0.15) is 32.3 Å². The van der Waals surface area contributed by atoms with Crippen molar-refractivity contribution >= 4 is 26.0 Å². The van der Waals surface area contributed by atoms with Crippen LogP contribution in [0.5, 0.6) is 0 Å². The first-order valence-electron chi connectivity index (χ1n) is 6.82. The molecular weight excluding hydrogens is 340 g/mol. The number of nitrogens with zero attached hydrogens (tertiary/aromatic N) is 1. The maximum atomic E-state index is 12.6. The molecule has 6 heteroatoms. The smallest absolute Gasteiger partial charge is 0.244 e. The zero-order valence-electron chi connectivity index (χ0n) is 12.1. The van der Waals surface area contributed by atoms with E-state index in [1.165, 1.54) is 4.31 Å². The van der Waals surface area contributed by atoms with Crippen molar-refractivity contribution in [3.63, 3.8) is 0 Å². The molecule has 112 valence electrons. The van der Waals surface area contributed by atoms with Gasteiger partial charge in [0.05, 0.1) is 4.90 Å². The van der Waals surface area contributed by atoms with Gasteiger partial charge in [-0.25, -0.2) is 8.42 Å². The fraction of sp³-hybridized carbons (Fsp3) is 0.571. The quantitative estimate of drug-likeness (QED) is 0.848. The van der Waals surface area contributed by atoms with Gasteiger partial charge in [-0.2, -0.15) is 4.31 Å². The molecule has 0 aliphatic heterocycles. The number of hydrogen-bond donors (Lipinski definition) is 1. The molecule has 1 aromatic rings. The van der Waals surface area contributed by atoms with Crippen LogP contribution in [0.3, 0.4) is 0 Å². The number of benzene rings is 1. The molecular formula is C14H21BrN2O2S. The predicted octanol–water partition coefficient (Wildman–Crippen LogP) is 2.73. The number of rotatable bonds is 6. The third kappa shape index (κ3) is 3.61. The Morgan fingerprint density at radius 1 is 1.40 bits per heavy atom. The molecule has 1 saturated carbocycles. The first kappa shape index (κ1) is 15.9. The van der Waals surface area contributed by atoms with Crippen LogP contribution in [0.4, 0.5) is 0 Å². The summed E-state index contributed by atoms with van der Waals surface area (Å²) in [5.41, 5.74) is 0.977. The molecule has 1 N–H and O–H groups in total. The van der Waals surface area contributed by atoms with E-state index in [9.17, 15) is 8.42 Å². The summed E-state index contributed by atoms with van der Waals surface area (Å²) in [5.74, 6) is 0. The van der Waals surface area contributed by atoms with E-state index in [2.05, 4.69) is 35.1 Å². The average molecular weight is 361 g/mol. The highest BCUT2D eigenvalue weighted by molar-refractivity contribution is 9.10. The molecule has 1 fully saturated rings. The molecule has 0 bridgehead atoms. The molecule has 0 saturated heterocycles. The molecule has 0 atom stereocenters. The standard InChI is InChI=1S/C14H21BrN2O2S/c1-10(2)16-9-11-4-7-13(15)14(8-11)20(18,19)17(3)12-5-6-12/h4,7-8,10,12,16H,5-6,9H2,1-3H3. The van der Waals surface area contributed by atoms with E-state index in [0.717, 1.165) is 18.4 Å². The third-order valence-corrected chi connectivity index (χ3v) is 6.33. The van der Waals surface area contributed by atoms with Crippen molar-refractivity contribution in [2.24, 2.45) is 0 Å². The van der Waals surface area contributed by atoms with Crippen molar-refractivity contribution in [2.75, 3.05) is 7.05 Å². The van der Waals surface area contributed by atoms with Crippen molar-refractivity contribution in [1.29, 1.82) is 0 Å². The van der Waals surface area contributed by atoms with Crippen LogP contribution < -0.4 is 5.32 Å². The van der Waals surface area contributed by atoms with E-state index in [1.54, 1.807) is 13.1 Å². The Morgan fingerprint density at radius 2 is 2.05 bits per heavy atom. The van der Waals surface area contributed by atoms with Crippen LogP contribution in [-0.2, 0) is 16.6 Å². The highest BCUT2D eigenvalue weighted by Crippen LogP contribution is 2.33. The van der Waals surface area contributed by atoms with Gasteiger partial charge < -0.3 is 5.32 Å². The molecule has 0 spiro atoms. The maximum absolute atomic E-state index is 12.6. The molecule has 0 amide bonds. The van der Waals surface area contributed by atoms with Gasteiger partial charge in [-0.3, -0.25) is 0 Å². The molecule has 2 rings (SSSR count). The van der Waals surface area contributed by atoms with Gasteiger partial charge in [0.15, 0.2) is 0 Å². The van der Waals surface area contributed by atoms with E-state index in [4.69, 9.17) is 0 Å². The van der Waals surface area contributed by atoms with Crippen molar-refractivity contribution < 1.29 is 8.42 Å². The Kier molecular flexibility index (Phi) is 4.89. The zero-order valence-corrected chi connectivity index (χ0v) is 14.5. The normalized spacial score (nSPS) is 16.1. The van der Waals surface area contributed by atoms with E-state index >= 15 is 0 Å². The van der Waals surface area contributed by atoms with E-state index in [0.29, 0.717) is 22.0 Å². The van der Waals surface area contributed by atoms with Crippen LogP contribution in [0.25, 0.3) is 0 Å². The lowest BCUT2D eigenvalue weighted by Crippen LogP contribution is -2.29. The number of nitrogens with one attached hydrogen (secondary N) is 1. The van der Waals surface area contributed by atoms with Gasteiger partial charge in [-0.05, 0) is 46.5 Å². The second-order valence-electron chi connectivity index (χ2n) is 5.55. The van der Waals surface area contributed by atoms with Crippen molar-refractivity contribution in [3.05, 3.63) is 28.2 Å². The Labute approximate surface area is 129 Å². The van der Waals surface area contributed by atoms with Gasteiger partial charge in [0.1, 0.15) is 0 Å².